The van der Waals surface area contributed by atoms with Crippen LogP contribution in [-0.4, -0.2) is 23.4 Å². The summed E-state index contributed by atoms with van der Waals surface area (Å²) in [6.07, 6.45) is 4.32. The van der Waals surface area contributed by atoms with Gasteiger partial charge in [0, 0.05) is 29.7 Å². The number of hydrogen-bond donors (Lipinski definition) is 3. The summed E-state index contributed by atoms with van der Waals surface area (Å²) in [5.74, 6) is 0.800. The first-order valence-electron chi connectivity index (χ1n) is 9.49. The number of thiazole rings is 1. The van der Waals surface area contributed by atoms with Gasteiger partial charge >= 0.3 is 0 Å². The highest BCUT2D eigenvalue weighted by Crippen LogP contribution is 2.14. The molecule has 0 spiro atoms. The summed E-state index contributed by atoms with van der Waals surface area (Å²) in [5.41, 5.74) is 1.86. The minimum atomic E-state index is 0. The first-order chi connectivity index (χ1) is 13.1. The highest BCUT2D eigenvalue weighted by molar-refractivity contribution is 14.0. The fourth-order valence-corrected chi connectivity index (χ4v) is 3.26. The van der Waals surface area contributed by atoms with Crippen LogP contribution in [0.4, 0.5) is 5.69 Å². The van der Waals surface area contributed by atoms with Crippen molar-refractivity contribution in [2.75, 3.05) is 11.9 Å². The molecule has 0 aliphatic heterocycles. The Morgan fingerprint density at radius 3 is 2.71 bits per heavy atom. The Kier molecular flexibility index (Phi) is 11.7. The number of hydrogen-bond acceptors (Lipinski definition) is 4. The molecule has 0 saturated heterocycles. The average Bonchev–Trinajstić information content (AvgIpc) is 3.12. The van der Waals surface area contributed by atoms with Gasteiger partial charge in [-0.05, 0) is 37.5 Å². The third-order valence-corrected chi connectivity index (χ3v) is 4.95. The number of aryl methyl sites for hydroxylation is 1. The van der Waals surface area contributed by atoms with Crippen molar-refractivity contribution < 1.29 is 4.79 Å². The molecule has 0 atom stereocenters. The van der Waals surface area contributed by atoms with Crippen LogP contribution >= 0.6 is 35.3 Å². The smallest absolute Gasteiger partial charge is 0.224 e. The van der Waals surface area contributed by atoms with Gasteiger partial charge in [0.15, 0.2) is 5.96 Å². The summed E-state index contributed by atoms with van der Waals surface area (Å²) in [6, 6.07) is 7.82. The van der Waals surface area contributed by atoms with Crippen LogP contribution in [0.2, 0.25) is 0 Å². The highest BCUT2D eigenvalue weighted by Gasteiger charge is 2.04. The second-order valence-corrected chi connectivity index (χ2v) is 7.32. The van der Waals surface area contributed by atoms with Crippen LogP contribution in [0.1, 0.15) is 49.1 Å². The van der Waals surface area contributed by atoms with Gasteiger partial charge in [-0.2, -0.15) is 0 Å². The maximum absolute atomic E-state index is 11.8. The molecule has 0 bridgehead atoms. The van der Waals surface area contributed by atoms with Gasteiger partial charge in [0.1, 0.15) is 5.01 Å². The third kappa shape index (κ3) is 8.55. The molecule has 3 N–H and O–H groups in total. The number of benzene rings is 1. The second kappa shape index (κ2) is 13.5. The molecule has 154 valence electrons. The molecular weight excluding hydrogens is 485 g/mol. The molecule has 1 aromatic carbocycles. The zero-order valence-corrected chi connectivity index (χ0v) is 19.9. The first kappa shape index (κ1) is 24.4. The van der Waals surface area contributed by atoms with Gasteiger partial charge in [0.25, 0.3) is 0 Å². The Morgan fingerprint density at radius 2 is 2.04 bits per heavy atom. The lowest BCUT2D eigenvalue weighted by molar-refractivity contribution is -0.116. The van der Waals surface area contributed by atoms with Crippen LogP contribution in [0.5, 0.6) is 0 Å². The minimum absolute atomic E-state index is 0. The van der Waals surface area contributed by atoms with Gasteiger partial charge in [-0.25, -0.2) is 9.98 Å². The minimum Gasteiger partial charge on any atom is -0.357 e. The summed E-state index contributed by atoms with van der Waals surface area (Å²) in [5, 5.41) is 10.6. The van der Waals surface area contributed by atoms with Gasteiger partial charge in [-0.1, -0.05) is 26.0 Å². The van der Waals surface area contributed by atoms with Crippen molar-refractivity contribution in [3.8, 4) is 0 Å². The van der Waals surface area contributed by atoms with Gasteiger partial charge in [0.2, 0.25) is 5.91 Å². The number of aromatic nitrogens is 1. The number of guanidine groups is 1. The van der Waals surface area contributed by atoms with Crippen LogP contribution in [0.25, 0.3) is 0 Å². The predicted molar refractivity (Wildman–Crippen MR) is 129 cm³/mol. The van der Waals surface area contributed by atoms with E-state index < -0.39 is 0 Å². The Morgan fingerprint density at radius 1 is 1.21 bits per heavy atom. The van der Waals surface area contributed by atoms with Crippen LogP contribution in [0, 0.1) is 0 Å². The lowest BCUT2D eigenvalue weighted by Gasteiger charge is -2.10. The zero-order valence-electron chi connectivity index (χ0n) is 16.7. The highest BCUT2D eigenvalue weighted by atomic mass is 127. The molecule has 0 radical (unpaired) electrons. The van der Waals surface area contributed by atoms with Crippen molar-refractivity contribution >= 4 is 52.9 Å². The lowest BCUT2D eigenvalue weighted by atomic mass is 10.2. The van der Waals surface area contributed by atoms with Crippen LogP contribution in [-0.2, 0) is 24.3 Å². The van der Waals surface area contributed by atoms with Crippen molar-refractivity contribution in [2.45, 2.75) is 53.1 Å². The molecule has 6 nitrogen and oxygen atoms in total. The number of rotatable bonds is 9. The summed E-state index contributed by atoms with van der Waals surface area (Å²) in [6.45, 7) is 8.15. The maximum atomic E-state index is 11.8. The molecule has 0 saturated carbocycles. The maximum Gasteiger partial charge on any atom is 0.224 e. The third-order valence-electron chi connectivity index (χ3n) is 3.81. The zero-order chi connectivity index (χ0) is 19.5. The normalized spacial score (nSPS) is 10.9. The molecule has 1 heterocycles. The SMILES string of the molecule is CCCC(=O)Nc1cccc(CN=C(NCC)NCc2ncc(CC)s2)c1.I. The van der Waals surface area contributed by atoms with E-state index in [1.807, 2.05) is 44.3 Å². The molecule has 28 heavy (non-hydrogen) atoms. The second-order valence-electron chi connectivity index (χ2n) is 6.12. The molecule has 2 aromatic rings. The molecule has 0 aliphatic carbocycles. The molecule has 1 amide bonds. The number of nitrogens with one attached hydrogen (secondary N) is 3. The molecule has 8 heteroatoms. The summed E-state index contributed by atoms with van der Waals surface area (Å²) < 4.78 is 0. The molecule has 1 aromatic heterocycles. The fourth-order valence-electron chi connectivity index (χ4n) is 2.46. The monoisotopic (exact) mass is 515 g/mol. The van der Waals surface area contributed by atoms with Crippen LogP contribution in [0.3, 0.4) is 0 Å². The van der Waals surface area contributed by atoms with E-state index in [-0.39, 0.29) is 29.9 Å². The van der Waals surface area contributed by atoms with E-state index in [0.717, 1.165) is 41.6 Å². The Hall–Kier alpha value is -1.68. The fraction of sp³-hybridized carbons (Fsp3) is 0.450. The predicted octanol–water partition coefficient (Wildman–Crippen LogP) is 4.32. The van der Waals surface area contributed by atoms with E-state index >= 15 is 0 Å². The summed E-state index contributed by atoms with van der Waals surface area (Å²) in [4.78, 5) is 22.1. The van der Waals surface area contributed by atoms with Crippen molar-refractivity contribution in [3.05, 3.63) is 45.9 Å². The average molecular weight is 515 g/mol. The van der Waals surface area contributed by atoms with E-state index in [0.29, 0.717) is 19.5 Å². The molecule has 0 fully saturated rings. The quantitative estimate of drug-likeness (QED) is 0.264. The lowest BCUT2D eigenvalue weighted by Crippen LogP contribution is -2.36. The Bertz CT molecular complexity index is 763. The molecule has 0 aliphatic rings. The summed E-state index contributed by atoms with van der Waals surface area (Å²) in [7, 11) is 0. The van der Waals surface area contributed by atoms with Gasteiger partial charge in [0.05, 0.1) is 13.1 Å². The Balaban J connectivity index is 0.00000392. The van der Waals surface area contributed by atoms with Crippen molar-refractivity contribution in [2.24, 2.45) is 4.99 Å². The van der Waals surface area contributed by atoms with E-state index in [1.165, 1.54) is 4.88 Å². The number of carbonyl (C=O) groups is 1. The van der Waals surface area contributed by atoms with Crippen molar-refractivity contribution in [1.82, 2.24) is 15.6 Å². The Labute approximate surface area is 188 Å². The molecule has 0 unspecified atom stereocenters. The number of carbonyl (C=O) groups excluding carboxylic acids is 1. The van der Waals surface area contributed by atoms with Crippen LogP contribution in [0.15, 0.2) is 35.5 Å². The van der Waals surface area contributed by atoms with E-state index in [4.69, 9.17) is 0 Å². The summed E-state index contributed by atoms with van der Waals surface area (Å²) >= 11 is 1.72. The van der Waals surface area contributed by atoms with Crippen molar-refractivity contribution in [3.63, 3.8) is 0 Å². The number of amides is 1. The number of nitrogens with zero attached hydrogens (tertiary/aromatic N) is 2. The van der Waals surface area contributed by atoms with Crippen LogP contribution < -0.4 is 16.0 Å². The van der Waals surface area contributed by atoms with E-state index in [2.05, 4.69) is 32.9 Å². The standard InChI is InChI=1S/C20H29N5OS.HI/c1-4-8-18(26)25-16-10-7-9-15(11-16)12-23-20(21-6-3)24-14-19-22-13-17(5-2)27-19;/h7,9-11,13H,4-6,8,12,14H2,1-3H3,(H,25,26)(H2,21,23,24);1H. The number of aliphatic imine (C=N–C) groups is 1. The number of halogens is 1. The van der Waals surface area contributed by atoms with Gasteiger partial charge in [-0.15, -0.1) is 35.3 Å². The van der Waals surface area contributed by atoms with E-state index in [9.17, 15) is 4.79 Å². The van der Waals surface area contributed by atoms with Gasteiger partial charge in [-0.3, -0.25) is 4.79 Å². The van der Waals surface area contributed by atoms with Gasteiger partial charge < -0.3 is 16.0 Å². The number of anilines is 1. The van der Waals surface area contributed by atoms with Crippen molar-refractivity contribution in [1.29, 1.82) is 0 Å². The van der Waals surface area contributed by atoms with E-state index in [1.54, 1.807) is 11.3 Å². The largest absolute Gasteiger partial charge is 0.357 e. The first-order valence-corrected chi connectivity index (χ1v) is 10.3. The topological polar surface area (TPSA) is 78.4 Å². The molecule has 2 rings (SSSR count). The molecular formula is C20H30IN5OS.